The van der Waals surface area contributed by atoms with Crippen LogP contribution in [0.15, 0.2) is 36.4 Å². The molecule has 0 aliphatic carbocycles. The van der Waals surface area contributed by atoms with E-state index in [9.17, 15) is 53.7 Å². The Hall–Kier alpha value is -5.20. The maximum Gasteiger partial charge on any atom is 0.317 e. The van der Waals surface area contributed by atoms with Gasteiger partial charge in [-0.15, -0.1) is 0 Å². The van der Waals surface area contributed by atoms with E-state index in [0.29, 0.717) is 17.7 Å². The molecule has 0 saturated carbocycles. The quantitative estimate of drug-likeness (QED) is 0.0784. The molecular formula is C34H47N5O13. The first-order valence-electron chi connectivity index (χ1n) is 16.3. The van der Waals surface area contributed by atoms with Crippen molar-refractivity contribution >= 4 is 53.3 Å². The highest BCUT2D eigenvalue weighted by molar-refractivity contribution is 6.13. The predicted octanol–water partition coefficient (Wildman–Crippen LogP) is 0.375. The molecule has 2 rings (SSSR count). The lowest BCUT2D eigenvalue weighted by atomic mass is 9.76. The third kappa shape index (κ3) is 15.0. The molecule has 1 unspecified atom stereocenters. The molecule has 1 aliphatic heterocycles. The summed E-state index contributed by atoms with van der Waals surface area (Å²) in [4.78, 5) is 99.9. The van der Waals surface area contributed by atoms with Gasteiger partial charge >= 0.3 is 29.8 Å². The summed E-state index contributed by atoms with van der Waals surface area (Å²) in [7, 11) is 0. The molecule has 1 heterocycles. The molecule has 0 bridgehead atoms. The summed E-state index contributed by atoms with van der Waals surface area (Å²) in [6.07, 6.45) is 2.86. The van der Waals surface area contributed by atoms with Crippen molar-refractivity contribution < 1.29 is 63.9 Å². The minimum absolute atomic E-state index is 0.0454. The number of nitrogens with zero attached hydrogens (tertiary/aromatic N) is 4. The van der Waals surface area contributed by atoms with Gasteiger partial charge in [-0.2, -0.15) is 0 Å². The minimum atomic E-state index is -1.33. The number of carbonyl (C=O) groups is 8. The van der Waals surface area contributed by atoms with Crippen LogP contribution in [0.1, 0.15) is 46.1 Å². The van der Waals surface area contributed by atoms with Crippen LogP contribution in [-0.2, 0) is 44.8 Å². The van der Waals surface area contributed by atoms with Crippen molar-refractivity contribution in [1.29, 1.82) is 0 Å². The van der Waals surface area contributed by atoms with Crippen LogP contribution < -0.4 is 5.32 Å². The highest BCUT2D eigenvalue weighted by Crippen LogP contribution is 2.36. The van der Waals surface area contributed by atoms with Crippen LogP contribution in [-0.4, -0.2) is 157 Å². The number of carboxylic acid groups (broad SMARTS) is 5. The zero-order valence-electron chi connectivity index (χ0n) is 29.6. The molecule has 52 heavy (non-hydrogen) atoms. The predicted molar refractivity (Wildman–Crippen MR) is 183 cm³/mol. The van der Waals surface area contributed by atoms with Crippen LogP contribution in [0, 0.1) is 5.41 Å². The number of hydrogen-bond donors (Lipinski definition) is 6. The average molecular weight is 734 g/mol. The van der Waals surface area contributed by atoms with E-state index < -0.39 is 91.4 Å². The van der Waals surface area contributed by atoms with Crippen LogP contribution in [0.25, 0.3) is 0 Å². The number of benzene rings is 1. The molecule has 3 amide bonds. The molecule has 1 aliphatic rings. The number of imide groups is 1. The Labute approximate surface area is 300 Å². The van der Waals surface area contributed by atoms with E-state index in [0.717, 1.165) is 9.80 Å². The average Bonchev–Trinajstić information content (AvgIpc) is 3.32. The Kier molecular flexibility index (Phi) is 15.6. The van der Waals surface area contributed by atoms with Gasteiger partial charge in [0.05, 0.1) is 32.7 Å². The van der Waals surface area contributed by atoms with Gasteiger partial charge in [-0.1, -0.05) is 26.0 Å². The molecule has 0 spiro atoms. The summed E-state index contributed by atoms with van der Waals surface area (Å²) in [5, 5.41) is 49.8. The summed E-state index contributed by atoms with van der Waals surface area (Å²) < 4.78 is 0. The molecule has 6 N–H and O–H groups in total. The molecule has 1 aromatic rings. The maximum atomic E-state index is 13.0. The zero-order chi connectivity index (χ0) is 39.4. The van der Waals surface area contributed by atoms with Crippen LogP contribution >= 0.6 is 0 Å². The third-order valence-electron chi connectivity index (χ3n) is 8.14. The Morgan fingerprint density at radius 3 is 1.60 bits per heavy atom. The van der Waals surface area contributed by atoms with Gasteiger partial charge < -0.3 is 30.8 Å². The van der Waals surface area contributed by atoms with Gasteiger partial charge in [0.1, 0.15) is 0 Å². The van der Waals surface area contributed by atoms with E-state index in [4.69, 9.17) is 10.2 Å². The molecular weight excluding hydrogens is 686 g/mol. The van der Waals surface area contributed by atoms with E-state index in [1.807, 2.05) is 13.8 Å². The van der Waals surface area contributed by atoms with Gasteiger partial charge in [-0.25, -0.2) is 0 Å². The highest BCUT2D eigenvalue weighted by atomic mass is 16.4. The smallest absolute Gasteiger partial charge is 0.317 e. The van der Waals surface area contributed by atoms with Crippen molar-refractivity contribution in [2.24, 2.45) is 5.41 Å². The number of hydrogen-bond acceptors (Lipinski definition) is 11. The van der Waals surface area contributed by atoms with Crippen molar-refractivity contribution in [2.75, 3.05) is 57.7 Å². The first-order chi connectivity index (χ1) is 24.1. The zero-order valence-corrected chi connectivity index (χ0v) is 29.6. The maximum absolute atomic E-state index is 13.0. The van der Waals surface area contributed by atoms with Gasteiger partial charge in [0, 0.05) is 55.5 Å². The minimum Gasteiger partial charge on any atom is -0.480 e. The summed E-state index contributed by atoms with van der Waals surface area (Å²) >= 11 is 0. The number of anilines is 1. The van der Waals surface area contributed by atoms with E-state index in [-0.39, 0.29) is 38.4 Å². The third-order valence-corrected chi connectivity index (χ3v) is 8.14. The van der Waals surface area contributed by atoms with Crippen molar-refractivity contribution in [2.45, 2.75) is 58.5 Å². The van der Waals surface area contributed by atoms with Crippen molar-refractivity contribution in [3.8, 4) is 0 Å². The van der Waals surface area contributed by atoms with Gasteiger partial charge in [-0.3, -0.25) is 58.0 Å². The van der Waals surface area contributed by atoms with Crippen molar-refractivity contribution in [1.82, 2.24) is 19.6 Å². The number of aliphatic carboxylic acids is 5. The van der Waals surface area contributed by atoms with Gasteiger partial charge in [0.15, 0.2) is 0 Å². The molecule has 0 radical (unpaired) electrons. The van der Waals surface area contributed by atoms with E-state index >= 15 is 0 Å². The molecule has 18 nitrogen and oxygen atoms in total. The standard InChI is InChI=1S/C34H47N5O13/c1-33(2,21-34(3,4)39-26(41)9-10-27(39)42)14-25(40)35-23-7-5-22(6-8-23)13-24(38(19-31(49)50)20-32(51)52)15-36(16-28(43)44)11-12-37(17-29(45)46)18-30(47)48/h5-10,24H,11-21H2,1-4H3,(H,35,40)(H,43,44)(H,45,46)(H,47,48)(H,49,50)(H,51,52). The van der Waals surface area contributed by atoms with E-state index in [1.165, 1.54) is 22.0 Å². The lowest BCUT2D eigenvalue weighted by Crippen LogP contribution is -2.51. The Bertz CT molecular complexity index is 1490. The Morgan fingerprint density at radius 2 is 1.13 bits per heavy atom. The van der Waals surface area contributed by atoms with Crippen LogP contribution in [0.4, 0.5) is 5.69 Å². The van der Waals surface area contributed by atoms with E-state index in [2.05, 4.69) is 5.32 Å². The van der Waals surface area contributed by atoms with E-state index in [1.54, 1.807) is 38.1 Å². The van der Waals surface area contributed by atoms with Gasteiger partial charge in [-0.05, 0) is 49.8 Å². The topological polar surface area (TPSA) is 263 Å². The second kappa shape index (κ2) is 18.9. The number of carboxylic acids is 5. The summed E-state index contributed by atoms with van der Waals surface area (Å²) in [6.45, 7) is 3.51. The number of rotatable bonds is 24. The van der Waals surface area contributed by atoms with Crippen molar-refractivity contribution in [3.05, 3.63) is 42.0 Å². The molecule has 1 aromatic carbocycles. The highest BCUT2D eigenvalue weighted by Gasteiger charge is 2.41. The lowest BCUT2D eigenvalue weighted by molar-refractivity contribution is -0.145. The summed E-state index contributed by atoms with van der Waals surface area (Å²) in [5.41, 5.74) is -0.465. The van der Waals surface area contributed by atoms with Gasteiger partial charge in [0.25, 0.3) is 11.8 Å². The Balaban J connectivity index is 2.23. The first kappa shape index (κ1) is 43.0. The van der Waals surface area contributed by atoms with Crippen LogP contribution in [0.5, 0.6) is 0 Å². The SMILES string of the molecule is CC(C)(CC(=O)Nc1ccc(CC(CN(CCN(CC(=O)O)CC(=O)O)CC(=O)O)N(CC(=O)O)CC(=O)O)cc1)CC(C)(C)N1C(=O)C=CC1=O. The molecule has 0 fully saturated rings. The molecule has 1 atom stereocenters. The van der Waals surface area contributed by atoms with Gasteiger partial charge in [0.2, 0.25) is 5.91 Å². The second-order valence-corrected chi connectivity index (χ2v) is 14.1. The van der Waals surface area contributed by atoms with Crippen LogP contribution in [0.2, 0.25) is 0 Å². The Morgan fingerprint density at radius 1 is 0.692 bits per heavy atom. The summed E-state index contributed by atoms with van der Waals surface area (Å²) in [5.74, 6) is -7.69. The normalized spacial score (nSPS) is 13.9. The van der Waals surface area contributed by atoms with Crippen LogP contribution in [0.3, 0.4) is 0 Å². The monoisotopic (exact) mass is 733 g/mol. The molecule has 0 aromatic heterocycles. The molecule has 286 valence electrons. The van der Waals surface area contributed by atoms with Crippen molar-refractivity contribution in [3.63, 3.8) is 0 Å². The number of amides is 3. The fourth-order valence-corrected chi connectivity index (χ4v) is 6.52. The first-order valence-corrected chi connectivity index (χ1v) is 16.3. The number of carbonyl (C=O) groups excluding carboxylic acids is 3. The fraction of sp³-hybridized carbons (Fsp3) is 0.529. The number of nitrogens with one attached hydrogen (secondary N) is 1. The summed E-state index contributed by atoms with van der Waals surface area (Å²) in [6, 6.07) is 5.58. The largest absolute Gasteiger partial charge is 0.480 e. The molecule has 0 saturated heterocycles. The fourth-order valence-electron chi connectivity index (χ4n) is 6.52. The lowest BCUT2D eigenvalue weighted by Gasteiger charge is -2.40. The molecule has 18 heteroatoms. The second-order valence-electron chi connectivity index (χ2n) is 14.1.